The molecule has 0 aliphatic carbocycles. The highest BCUT2D eigenvalue weighted by Gasteiger charge is 2.06. The first-order valence-electron chi connectivity index (χ1n) is 6.64. The van der Waals surface area contributed by atoms with Crippen LogP contribution in [0.5, 0.6) is 0 Å². The molecule has 0 aromatic heterocycles. The van der Waals surface area contributed by atoms with Crippen molar-refractivity contribution in [1.29, 1.82) is 5.26 Å². The van der Waals surface area contributed by atoms with E-state index in [1.54, 1.807) is 0 Å². The first kappa shape index (κ1) is 13.7. The molecule has 0 saturated carbocycles. The van der Waals surface area contributed by atoms with Crippen molar-refractivity contribution < 1.29 is 0 Å². The molecule has 3 heteroatoms. The van der Waals surface area contributed by atoms with Gasteiger partial charge in [-0.25, -0.2) is 0 Å². The van der Waals surface area contributed by atoms with Crippen molar-refractivity contribution in [2.75, 3.05) is 5.32 Å². The molecule has 0 heterocycles. The topological polar surface area (TPSA) is 35.8 Å². The van der Waals surface area contributed by atoms with Gasteiger partial charge in [-0.05, 0) is 36.8 Å². The van der Waals surface area contributed by atoms with E-state index in [9.17, 15) is 5.26 Å². The SMILES string of the molecule is Cc1ccc(Nc2ccc(C#N)c3ccccc23)cc1Br. The molecule has 3 rings (SSSR count). The van der Waals surface area contributed by atoms with Crippen molar-refractivity contribution in [2.45, 2.75) is 6.92 Å². The molecule has 0 fully saturated rings. The first-order chi connectivity index (χ1) is 10.2. The van der Waals surface area contributed by atoms with Crippen LogP contribution in [0.4, 0.5) is 11.4 Å². The third-order valence-electron chi connectivity index (χ3n) is 3.50. The number of benzene rings is 3. The van der Waals surface area contributed by atoms with E-state index in [4.69, 9.17) is 0 Å². The standard InChI is InChI=1S/C18H13BrN2/c1-12-6-8-14(10-17(12)19)21-18-9-7-13(11-20)15-4-2-3-5-16(15)18/h2-10,21H,1H3. The summed E-state index contributed by atoms with van der Waals surface area (Å²) in [6, 6.07) is 20.2. The average molecular weight is 337 g/mol. The number of anilines is 2. The second-order valence-corrected chi connectivity index (χ2v) is 5.76. The first-order valence-corrected chi connectivity index (χ1v) is 7.43. The summed E-state index contributed by atoms with van der Waals surface area (Å²) in [4.78, 5) is 0. The number of aryl methyl sites for hydroxylation is 1. The van der Waals surface area contributed by atoms with Crippen molar-refractivity contribution in [3.8, 4) is 6.07 Å². The van der Waals surface area contributed by atoms with Gasteiger partial charge in [0.15, 0.2) is 0 Å². The highest BCUT2D eigenvalue weighted by atomic mass is 79.9. The summed E-state index contributed by atoms with van der Waals surface area (Å²) in [6.45, 7) is 2.06. The molecule has 0 aliphatic heterocycles. The van der Waals surface area contributed by atoms with E-state index in [1.165, 1.54) is 5.56 Å². The zero-order valence-corrected chi connectivity index (χ0v) is 13.1. The van der Waals surface area contributed by atoms with Gasteiger partial charge < -0.3 is 5.32 Å². The van der Waals surface area contributed by atoms with Gasteiger partial charge in [0.05, 0.1) is 11.6 Å². The Kier molecular flexibility index (Phi) is 3.64. The van der Waals surface area contributed by atoms with Crippen LogP contribution in [0.15, 0.2) is 59.1 Å². The predicted octanol–water partition coefficient (Wildman–Crippen LogP) is 5.53. The van der Waals surface area contributed by atoms with Gasteiger partial charge in [-0.15, -0.1) is 0 Å². The number of nitrogens with one attached hydrogen (secondary N) is 1. The third-order valence-corrected chi connectivity index (χ3v) is 4.35. The minimum atomic E-state index is 0.696. The Morgan fingerprint density at radius 3 is 2.48 bits per heavy atom. The van der Waals surface area contributed by atoms with Gasteiger partial charge in [0.2, 0.25) is 0 Å². The maximum absolute atomic E-state index is 9.21. The molecule has 0 aliphatic rings. The molecule has 0 amide bonds. The summed E-state index contributed by atoms with van der Waals surface area (Å²) < 4.78 is 1.07. The maximum atomic E-state index is 9.21. The maximum Gasteiger partial charge on any atom is 0.0998 e. The van der Waals surface area contributed by atoms with Crippen LogP contribution in [0.1, 0.15) is 11.1 Å². The molecule has 2 nitrogen and oxygen atoms in total. The quantitative estimate of drug-likeness (QED) is 0.668. The molecule has 0 unspecified atom stereocenters. The van der Waals surface area contributed by atoms with E-state index in [0.29, 0.717) is 5.56 Å². The Morgan fingerprint density at radius 1 is 1.00 bits per heavy atom. The van der Waals surface area contributed by atoms with Gasteiger partial charge in [0.25, 0.3) is 0 Å². The van der Waals surface area contributed by atoms with Crippen molar-refractivity contribution in [3.05, 3.63) is 70.2 Å². The largest absolute Gasteiger partial charge is 0.355 e. The van der Waals surface area contributed by atoms with Crippen molar-refractivity contribution in [1.82, 2.24) is 0 Å². The zero-order valence-electron chi connectivity index (χ0n) is 11.5. The lowest BCUT2D eigenvalue weighted by atomic mass is 10.0. The normalized spacial score (nSPS) is 10.3. The fourth-order valence-electron chi connectivity index (χ4n) is 2.33. The van der Waals surface area contributed by atoms with Gasteiger partial charge in [-0.2, -0.15) is 5.26 Å². The van der Waals surface area contributed by atoms with Crippen LogP contribution in [0, 0.1) is 18.3 Å². The van der Waals surface area contributed by atoms with E-state index in [0.717, 1.165) is 26.6 Å². The van der Waals surface area contributed by atoms with Crippen LogP contribution < -0.4 is 5.32 Å². The number of fused-ring (bicyclic) bond motifs is 1. The van der Waals surface area contributed by atoms with E-state index in [1.807, 2.05) is 42.5 Å². The number of halogens is 1. The Morgan fingerprint density at radius 2 is 1.76 bits per heavy atom. The number of nitriles is 1. The minimum Gasteiger partial charge on any atom is -0.355 e. The van der Waals surface area contributed by atoms with Crippen LogP contribution in [-0.2, 0) is 0 Å². The fourth-order valence-corrected chi connectivity index (χ4v) is 2.71. The molecular weight excluding hydrogens is 324 g/mol. The zero-order chi connectivity index (χ0) is 14.8. The monoisotopic (exact) mass is 336 g/mol. The number of nitrogens with zero attached hydrogens (tertiary/aromatic N) is 1. The van der Waals surface area contributed by atoms with Crippen LogP contribution in [0.2, 0.25) is 0 Å². The van der Waals surface area contributed by atoms with Crippen LogP contribution in [0.3, 0.4) is 0 Å². The van der Waals surface area contributed by atoms with Gasteiger partial charge in [-0.1, -0.05) is 46.3 Å². The number of rotatable bonds is 2. The lowest BCUT2D eigenvalue weighted by molar-refractivity contribution is 1.42. The second kappa shape index (κ2) is 5.59. The summed E-state index contributed by atoms with van der Waals surface area (Å²) in [5, 5.41) is 14.7. The van der Waals surface area contributed by atoms with Gasteiger partial charge in [-0.3, -0.25) is 0 Å². The molecule has 0 saturated heterocycles. The number of hydrogen-bond acceptors (Lipinski definition) is 2. The van der Waals surface area contributed by atoms with Crippen molar-refractivity contribution in [3.63, 3.8) is 0 Å². The van der Waals surface area contributed by atoms with E-state index < -0.39 is 0 Å². The van der Waals surface area contributed by atoms with Crippen molar-refractivity contribution >= 4 is 38.1 Å². The predicted molar refractivity (Wildman–Crippen MR) is 90.8 cm³/mol. The summed E-state index contributed by atoms with van der Waals surface area (Å²) in [5.41, 5.74) is 3.91. The number of hydrogen-bond donors (Lipinski definition) is 1. The lowest BCUT2D eigenvalue weighted by Gasteiger charge is -2.12. The molecule has 0 radical (unpaired) electrons. The summed E-state index contributed by atoms with van der Waals surface area (Å²) >= 11 is 3.55. The highest BCUT2D eigenvalue weighted by Crippen LogP contribution is 2.30. The molecule has 0 bridgehead atoms. The molecule has 102 valence electrons. The van der Waals surface area contributed by atoms with Crippen LogP contribution in [-0.4, -0.2) is 0 Å². The second-order valence-electron chi connectivity index (χ2n) is 4.91. The van der Waals surface area contributed by atoms with Gasteiger partial charge >= 0.3 is 0 Å². The Labute approximate surface area is 132 Å². The highest BCUT2D eigenvalue weighted by molar-refractivity contribution is 9.10. The van der Waals surface area contributed by atoms with Gasteiger partial charge in [0, 0.05) is 26.6 Å². The molecule has 1 N–H and O–H groups in total. The molecular formula is C18H13BrN2. The van der Waals surface area contributed by atoms with E-state index in [-0.39, 0.29) is 0 Å². The molecule has 0 atom stereocenters. The summed E-state index contributed by atoms with van der Waals surface area (Å²) in [5.74, 6) is 0. The van der Waals surface area contributed by atoms with Crippen LogP contribution in [0.25, 0.3) is 10.8 Å². The third kappa shape index (κ3) is 2.63. The summed E-state index contributed by atoms with van der Waals surface area (Å²) in [6.07, 6.45) is 0. The molecule has 3 aromatic rings. The molecule has 0 spiro atoms. The average Bonchev–Trinajstić information content (AvgIpc) is 2.51. The smallest absolute Gasteiger partial charge is 0.0998 e. The molecule has 3 aromatic carbocycles. The van der Waals surface area contributed by atoms with E-state index >= 15 is 0 Å². The van der Waals surface area contributed by atoms with E-state index in [2.05, 4.69) is 46.4 Å². The Balaban J connectivity index is 2.09. The summed E-state index contributed by atoms with van der Waals surface area (Å²) in [7, 11) is 0. The lowest BCUT2D eigenvalue weighted by Crippen LogP contribution is -1.93. The minimum absolute atomic E-state index is 0.696. The Hall–Kier alpha value is -2.31. The van der Waals surface area contributed by atoms with Gasteiger partial charge in [0.1, 0.15) is 0 Å². The van der Waals surface area contributed by atoms with Crippen LogP contribution >= 0.6 is 15.9 Å². The molecule has 21 heavy (non-hydrogen) atoms. The fraction of sp³-hybridized carbons (Fsp3) is 0.0556. The Bertz CT molecular complexity index is 863. The van der Waals surface area contributed by atoms with Crippen molar-refractivity contribution in [2.24, 2.45) is 0 Å².